The smallest absolute Gasteiger partial charge is 0.247 e. The summed E-state index contributed by atoms with van der Waals surface area (Å²) >= 11 is 0. The summed E-state index contributed by atoms with van der Waals surface area (Å²) in [4.78, 5) is 10.6. The van der Waals surface area contributed by atoms with Gasteiger partial charge < -0.3 is 0 Å². The van der Waals surface area contributed by atoms with Crippen LogP contribution in [0, 0.1) is 5.92 Å². The van der Waals surface area contributed by atoms with Crippen LogP contribution in [-0.4, -0.2) is 5.97 Å². The van der Waals surface area contributed by atoms with Crippen molar-refractivity contribution in [2.75, 3.05) is 0 Å². The predicted molar refractivity (Wildman–Crippen MR) is 48.2 cm³/mol. The first kappa shape index (κ1) is 11.5. The lowest BCUT2D eigenvalue weighted by Gasteiger charge is -2.08. The van der Waals surface area contributed by atoms with Crippen LogP contribution in [0.1, 0.15) is 52.4 Å². The molecule has 0 aliphatic rings. The van der Waals surface area contributed by atoms with E-state index in [4.69, 9.17) is 0 Å². The fraction of sp³-hybridized carbons (Fsp3) is 0.900. The Morgan fingerprint density at radius 1 is 1.08 bits per heavy atom. The standard InChI is InChI=1S/C10H19O2/c1-3-5-7-9(10(11)12)8-6-4-2/h9H,3-8H2,1-2H3. The van der Waals surface area contributed by atoms with Gasteiger partial charge in [-0.1, -0.05) is 39.5 Å². The zero-order chi connectivity index (χ0) is 9.40. The molecule has 71 valence electrons. The molecule has 0 saturated heterocycles. The Kier molecular flexibility index (Phi) is 6.82. The van der Waals surface area contributed by atoms with Crippen molar-refractivity contribution in [3.05, 3.63) is 0 Å². The SMILES string of the molecule is CCCCC(CCCC)C([O])=O. The summed E-state index contributed by atoms with van der Waals surface area (Å²) in [5.41, 5.74) is 0. The highest BCUT2D eigenvalue weighted by molar-refractivity contribution is 5.69. The van der Waals surface area contributed by atoms with E-state index < -0.39 is 5.97 Å². The number of carbonyl (C=O) groups is 1. The monoisotopic (exact) mass is 171 g/mol. The highest BCUT2D eigenvalue weighted by Crippen LogP contribution is 2.16. The minimum Gasteiger partial charge on any atom is -0.247 e. The van der Waals surface area contributed by atoms with Gasteiger partial charge in [0.15, 0.2) is 0 Å². The van der Waals surface area contributed by atoms with Gasteiger partial charge in [-0.15, -0.1) is 0 Å². The van der Waals surface area contributed by atoms with E-state index in [9.17, 15) is 9.90 Å². The third-order valence-corrected chi connectivity index (χ3v) is 2.15. The van der Waals surface area contributed by atoms with Crippen LogP contribution in [-0.2, 0) is 9.90 Å². The zero-order valence-electron chi connectivity index (χ0n) is 8.14. The minimum atomic E-state index is -0.864. The molecular weight excluding hydrogens is 152 g/mol. The Morgan fingerprint density at radius 2 is 1.50 bits per heavy atom. The Labute approximate surface area is 75.0 Å². The van der Waals surface area contributed by atoms with Gasteiger partial charge in [0, 0.05) is 0 Å². The fourth-order valence-corrected chi connectivity index (χ4v) is 1.28. The maximum atomic E-state index is 10.6. The normalized spacial score (nSPS) is 10.6. The van der Waals surface area contributed by atoms with Gasteiger partial charge in [-0.05, 0) is 12.8 Å². The third-order valence-electron chi connectivity index (χ3n) is 2.15. The maximum absolute atomic E-state index is 10.6. The molecule has 0 amide bonds. The van der Waals surface area contributed by atoms with E-state index in [2.05, 4.69) is 13.8 Å². The summed E-state index contributed by atoms with van der Waals surface area (Å²) < 4.78 is 0. The topological polar surface area (TPSA) is 37.0 Å². The molecule has 0 aliphatic heterocycles. The average molecular weight is 171 g/mol. The number of unbranched alkanes of at least 4 members (excludes halogenated alkanes) is 2. The van der Waals surface area contributed by atoms with Crippen molar-refractivity contribution in [3.63, 3.8) is 0 Å². The molecule has 0 aromatic heterocycles. The van der Waals surface area contributed by atoms with Gasteiger partial charge in [0.05, 0.1) is 5.92 Å². The number of hydrogen-bond acceptors (Lipinski definition) is 1. The molecule has 0 heterocycles. The second-order valence-corrected chi connectivity index (χ2v) is 3.30. The summed E-state index contributed by atoms with van der Waals surface area (Å²) in [7, 11) is 0. The lowest BCUT2D eigenvalue weighted by atomic mass is 9.96. The Morgan fingerprint density at radius 3 is 1.75 bits per heavy atom. The molecular formula is C10H19O2. The van der Waals surface area contributed by atoms with Gasteiger partial charge in [-0.3, -0.25) is 0 Å². The molecule has 0 aromatic rings. The predicted octanol–water partition coefficient (Wildman–Crippen LogP) is 2.94. The first-order valence-electron chi connectivity index (χ1n) is 4.93. The molecule has 2 nitrogen and oxygen atoms in total. The quantitative estimate of drug-likeness (QED) is 0.580. The van der Waals surface area contributed by atoms with E-state index in [0.29, 0.717) is 0 Å². The summed E-state index contributed by atoms with van der Waals surface area (Å²) in [6.07, 6.45) is 5.72. The Bertz CT molecular complexity index is 113. The van der Waals surface area contributed by atoms with Crippen molar-refractivity contribution in [2.24, 2.45) is 5.92 Å². The summed E-state index contributed by atoms with van der Waals surface area (Å²) in [6.45, 7) is 4.15. The number of hydrogen-bond donors (Lipinski definition) is 0. The molecule has 0 aromatic carbocycles. The van der Waals surface area contributed by atoms with Crippen LogP contribution >= 0.6 is 0 Å². The van der Waals surface area contributed by atoms with Gasteiger partial charge in [-0.2, -0.15) is 0 Å². The van der Waals surface area contributed by atoms with E-state index >= 15 is 0 Å². The van der Waals surface area contributed by atoms with Crippen molar-refractivity contribution >= 4 is 5.97 Å². The minimum absolute atomic E-state index is 0.204. The lowest BCUT2D eigenvalue weighted by molar-refractivity contribution is -0.148. The van der Waals surface area contributed by atoms with E-state index in [1.165, 1.54) is 0 Å². The first-order chi connectivity index (χ1) is 5.72. The van der Waals surface area contributed by atoms with Crippen molar-refractivity contribution < 1.29 is 9.90 Å². The van der Waals surface area contributed by atoms with E-state index in [0.717, 1.165) is 38.5 Å². The molecule has 0 atom stereocenters. The molecule has 12 heavy (non-hydrogen) atoms. The van der Waals surface area contributed by atoms with Gasteiger partial charge in [0.2, 0.25) is 0 Å². The second-order valence-electron chi connectivity index (χ2n) is 3.30. The van der Waals surface area contributed by atoms with Gasteiger partial charge in [0.25, 0.3) is 0 Å². The van der Waals surface area contributed by atoms with Crippen LogP contribution in [0.3, 0.4) is 0 Å². The van der Waals surface area contributed by atoms with Crippen molar-refractivity contribution in [1.29, 1.82) is 0 Å². The van der Waals surface area contributed by atoms with Crippen LogP contribution in [0.25, 0.3) is 0 Å². The van der Waals surface area contributed by atoms with Crippen LogP contribution in [0.4, 0.5) is 0 Å². The molecule has 2 heteroatoms. The largest absolute Gasteiger partial charge is 0.358 e. The first-order valence-corrected chi connectivity index (χ1v) is 4.93. The maximum Gasteiger partial charge on any atom is 0.358 e. The Balaban J connectivity index is 3.62. The zero-order valence-corrected chi connectivity index (χ0v) is 8.14. The Hall–Kier alpha value is -0.530. The second kappa shape index (κ2) is 7.14. The molecule has 0 N–H and O–H groups in total. The molecule has 0 bridgehead atoms. The number of carbonyl (C=O) groups excluding carboxylic acids is 1. The van der Waals surface area contributed by atoms with Gasteiger partial charge in [0.1, 0.15) is 0 Å². The molecule has 1 radical (unpaired) electrons. The van der Waals surface area contributed by atoms with Crippen molar-refractivity contribution in [1.82, 2.24) is 0 Å². The average Bonchev–Trinajstić information content (AvgIpc) is 2.04. The van der Waals surface area contributed by atoms with Gasteiger partial charge in [-0.25, -0.2) is 9.90 Å². The van der Waals surface area contributed by atoms with Crippen LogP contribution < -0.4 is 0 Å². The van der Waals surface area contributed by atoms with E-state index in [1.54, 1.807) is 0 Å². The number of rotatable bonds is 7. The molecule has 0 aliphatic carbocycles. The highest BCUT2D eigenvalue weighted by Gasteiger charge is 2.17. The van der Waals surface area contributed by atoms with Crippen LogP contribution in [0.2, 0.25) is 0 Å². The highest BCUT2D eigenvalue weighted by atomic mass is 16.4. The van der Waals surface area contributed by atoms with Crippen LogP contribution in [0.15, 0.2) is 0 Å². The molecule has 0 saturated carbocycles. The molecule has 0 fully saturated rings. The van der Waals surface area contributed by atoms with Crippen molar-refractivity contribution in [2.45, 2.75) is 52.4 Å². The lowest BCUT2D eigenvalue weighted by Crippen LogP contribution is -2.12. The van der Waals surface area contributed by atoms with Gasteiger partial charge >= 0.3 is 5.97 Å². The molecule has 0 rings (SSSR count). The van der Waals surface area contributed by atoms with E-state index in [-0.39, 0.29) is 5.92 Å². The fourth-order valence-electron chi connectivity index (χ4n) is 1.28. The van der Waals surface area contributed by atoms with Crippen molar-refractivity contribution in [3.8, 4) is 0 Å². The van der Waals surface area contributed by atoms with E-state index in [1.807, 2.05) is 0 Å². The molecule has 0 spiro atoms. The molecule has 0 unspecified atom stereocenters. The summed E-state index contributed by atoms with van der Waals surface area (Å²) in [6, 6.07) is 0. The third kappa shape index (κ3) is 5.16. The van der Waals surface area contributed by atoms with Crippen LogP contribution in [0.5, 0.6) is 0 Å². The summed E-state index contributed by atoms with van der Waals surface area (Å²) in [5.74, 6) is -1.07. The summed E-state index contributed by atoms with van der Waals surface area (Å²) in [5, 5.41) is 10.6.